The molecule has 3 aromatic rings. The van der Waals surface area contributed by atoms with Crippen LogP contribution in [0.3, 0.4) is 0 Å². The van der Waals surface area contributed by atoms with E-state index in [1.807, 2.05) is 60.5 Å². The molecule has 0 bridgehead atoms. The molecule has 6 nitrogen and oxygen atoms in total. The maximum absolute atomic E-state index is 12.5. The number of piperazine rings is 1. The van der Waals surface area contributed by atoms with Crippen LogP contribution in [0.2, 0.25) is 0 Å². The van der Waals surface area contributed by atoms with Crippen LogP contribution in [-0.4, -0.2) is 45.3 Å². The summed E-state index contributed by atoms with van der Waals surface area (Å²) in [6.45, 7) is 5.19. The fraction of sp³-hybridized carbons (Fsp3) is 0.318. The molecule has 144 valence electrons. The second kappa shape index (κ2) is 7.94. The van der Waals surface area contributed by atoms with Crippen LogP contribution in [0.4, 0.5) is 0 Å². The first kappa shape index (κ1) is 18.4. The summed E-state index contributed by atoms with van der Waals surface area (Å²) in [5.41, 5.74) is 4.37. The van der Waals surface area contributed by atoms with E-state index in [0.717, 1.165) is 34.3 Å². The largest absolute Gasteiger partial charge is 0.336 e. The maximum atomic E-state index is 12.5. The van der Waals surface area contributed by atoms with E-state index >= 15 is 0 Å². The Morgan fingerprint density at radius 2 is 1.86 bits per heavy atom. The van der Waals surface area contributed by atoms with Gasteiger partial charge in [0.25, 0.3) is 5.56 Å². The summed E-state index contributed by atoms with van der Waals surface area (Å²) in [6, 6.07) is 13.9. The molecule has 1 N–H and O–H groups in total. The molecular weight excluding hydrogens is 352 g/mol. The molecule has 4 rings (SSSR count). The monoisotopic (exact) mass is 376 g/mol. The van der Waals surface area contributed by atoms with E-state index in [2.05, 4.69) is 14.9 Å². The number of nitrogens with zero attached hydrogens (tertiary/aromatic N) is 3. The SMILES string of the molecule is CCc1cc2ncc(CN3CCN(Cc4ccccc4)C(=O)C3)cc2[nH]c1=O. The fourth-order valence-corrected chi connectivity index (χ4v) is 3.64. The Morgan fingerprint density at radius 3 is 2.61 bits per heavy atom. The third-order valence-electron chi connectivity index (χ3n) is 5.23. The number of carbonyl (C=O) groups excluding carboxylic acids is 1. The highest BCUT2D eigenvalue weighted by Gasteiger charge is 2.24. The number of nitrogens with one attached hydrogen (secondary N) is 1. The number of carbonyl (C=O) groups is 1. The Balaban J connectivity index is 1.42. The number of hydrogen-bond donors (Lipinski definition) is 1. The van der Waals surface area contributed by atoms with Crippen LogP contribution in [0.5, 0.6) is 0 Å². The van der Waals surface area contributed by atoms with E-state index in [-0.39, 0.29) is 11.5 Å². The van der Waals surface area contributed by atoms with Crippen molar-refractivity contribution >= 4 is 16.9 Å². The molecule has 3 heterocycles. The predicted molar refractivity (Wildman–Crippen MR) is 109 cm³/mol. The van der Waals surface area contributed by atoms with Gasteiger partial charge in [0.2, 0.25) is 5.91 Å². The minimum Gasteiger partial charge on any atom is -0.336 e. The molecule has 1 aliphatic heterocycles. The molecule has 1 amide bonds. The summed E-state index contributed by atoms with van der Waals surface area (Å²) in [5, 5.41) is 0. The average molecular weight is 376 g/mol. The van der Waals surface area contributed by atoms with Crippen molar-refractivity contribution in [1.82, 2.24) is 19.8 Å². The molecule has 0 saturated carbocycles. The van der Waals surface area contributed by atoms with Crippen molar-refractivity contribution in [3.05, 3.63) is 75.7 Å². The minimum atomic E-state index is -0.0568. The van der Waals surface area contributed by atoms with Gasteiger partial charge in [-0.1, -0.05) is 37.3 Å². The van der Waals surface area contributed by atoms with Crippen LogP contribution in [0.15, 0.2) is 53.5 Å². The molecule has 0 spiro atoms. The van der Waals surface area contributed by atoms with Gasteiger partial charge in [-0.3, -0.25) is 19.5 Å². The first-order chi connectivity index (χ1) is 13.6. The second-order valence-corrected chi connectivity index (χ2v) is 7.27. The van der Waals surface area contributed by atoms with E-state index in [0.29, 0.717) is 32.6 Å². The molecule has 0 aliphatic carbocycles. The van der Waals surface area contributed by atoms with Crippen molar-refractivity contribution in [2.75, 3.05) is 19.6 Å². The van der Waals surface area contributed by atoms with Gasteiger partial charge in [-0.15, -0.1) is 0 Å². The summed E-state index contributed by atoms with van der Waals surface area (Å²) in [4.78, 5) is 36.1. The van der Waals surface area contributed by atoms with Gasteiger partial charge in [0.15, 0.2) is 0 Å². The normalized spacial score (nSPS) is 15.3. The average Bonchev–Trinajstić information content (AvgIpc) is 2.70. The predicted octanol–water partition coefficient (Wildman–Crippen LogP) is 2.33. The Bertz CT molecular complexity index is 1050. The summed E-state index contributed by atoms with van der Waals surface area (Å²) in [6.07, 6.45) is 2.52. The summed E-state index contributed by atoms with van der Waals surface area (Å²) in [5.74, 6) is 0.143. The number of fused-ring (bicyclic) bond motifs is 1. The van der Waals surface area contributed by atoms with Gasteiger partial charge >= 0.3 is 0 Å². The van der Waals surface area contributed by atoms with Crippen molar-refractivity contribution < 1.29 is 4.79 Å². The summed E-state index contributed by atoms with van der Waals surface area (Å²) >= 11 is 0. The van der Waals surface area contributed by atoms with E-state index in [4.69, 9.17) is 0 Å². The number of aromatic amines is 1. The third-order valence-corrected chi connectivity index (χ3v) is 5.23. The van der Waals surface area contributed by atoms with E-state index < -0.39 is 0 Å². The summed E-state index contributed by atoms with van der Waals surface area (Å²) < 4.78 is 0. The van der Waals surface area contributed by atoms with Crippen molar-refractivity contribution in [2.24, 2.45) is 0 Å². The molecular formula is C22H24N4O2. The zero-order valence-corrected chi connectivity index (χ0v) is 16.0. The van der Waals surface area contributed by atoms with E-state index in [1.165, 1.54) is 0 Å². The van der Waals surface area contributed by atoms with Crippen LogP contribution < -0.4 is 5.56 Å². The topological polar surface area (TPSA) is 69.3 Å². The lowest BCUT2D eigenvalue weighted by molar-refractivity contribution is -0.136. The highest BCUT2D eigenvalue weighted by atomic mass is 16.2. The van der Waals surface area contributed by atoms with Crippen LogP contribution in [0.1, 0.15) is 23.6 Å². The molecule has 1 saturated heterocycles. The Morgan fingerprint density at radius 1 is 1.04 bits per heavy atom. The number of benzene rings is 1. The van der Waals surface area contributed by atoms with Crippen molar-refractivity contribution in [1.29, 1.82) is 0 Å². The molecule has 1 fully saturated rings. The smallest absolute Gasteiger partial charge is 0.251 e. The Labute approximate surface area is 163 Å². The zero-order chi connectivity index (χ0) is 19.5. The lowest BCUT2D eigenvalue weighted by Gasteiger charge is -2.34. The maximum Gasteiger partial charge on any atom is 0.251 e. The number of aryl methyl sites for hydroxylation is 1. The Kier molecular flexibility index (Phi) is 5.21. The number of hydrogen-bond acceptors (Lipinski definition) is 4. The molecule has 1 aliphatic rings. The zero-order valence-electron chi connectivity index (χ0n) is 16.0. The van der Waals surface area contributed by atoms with Gasteiger partial charge in [0.05, 0.1) is 17.6 Å². The van der Waals surface area contributed by atoms with Gasteiger partial charge in [-0.05, 0) is 29.7 Å². The third kappa shape index (κ3) is 3.97. The van der Waals surface area contributed by atoms with E-state index in [1.54, 1.807) is 0 Å². The first-order valence-electron chi connectivity index (χ1n) is 9.67. The number of H-pyrrole nitrogens is 1. The summed E-state index contributed by atoms with van der Waals surface area (Å²) in [7, 11) is 0. The van der Waals surface area contributed by atoms with Gasteiger partial charge in [-0.25, -0.2) is 0 Å². The van der Waals surface area contributed by atoms with Gasteiger partial charge in [-0.2, -0.15) is 0 Å². The number of pyridine rings is 2. The highest BCUT2D eigenvalue weighted by molar-refractivity contribution is 5.79. The lowest BCUT2D eigenvalue weighted by atomic mass is 10.1. The van der Waals surface area contributed by atoms with Gasteiger partial charge < -0.3 is 9.88 Å². The minimum absolute atomic E-state index is 0.0568. The Hall–Kier alpha value is -2.99. The van der Waals surface area contributed by atoms with Crippen LogP contribution in [-0.2, 0) is 24.3 Å². The number of rotatable bonds is 5. The molecule has 6 heteroatoms. The van der Waals surface area contributed by atoms with Crippen LogP contribution >= 0.6 is 0 Å². The standard InChI is InChI=1S/C22H24N4O2/c1-2-18-11-19-20(24-22(18)28)10-17(12-23-19)13-25-8-9-26(21(27)15-25)14-16-6-4-3-5-7-16/h3-7,10-12H,2,8-9,13-15H2,1H3,(H,24,28). The molecule has 0 atom stereocenters. The van der Waals surface area contributed by atoms with E-state index in [9.17, 15) is 9.59 Å². The van der Waals surface area contributed by atoms with Crippen molar-refractivity contribution in [2.45, 2.75) is 26.4 Å². The lowest BCUT2D eigenvalue weighted by Crippen LogP contribution is -2.49. The molecule has 0 unspecified atom stereocenters. The molecule has 2 aromatic heterocycles. The highest BCUT2D eigenvalue weighted by Crippen LogP contribution is 2.15. The van der Waals surface area contributed by atoms with Crippen LogP contribution in [0, 0.1) is 0 Å². The second-order valence-electron chi connectivity index (χ2n) is 7.27. The quantitative estimate of drug-likeness (QED) is 0.742. The van der Waals surface area contributed by atoms with Gasteiger partial charge in [0, 0.05) is 37.9 Å². The van der Waals surface area contributed by atoms with Crippen molar-refractivity contribution in [3.63, 3.8) is 0 Å². The first-order valence-corrected chi connectivity index (χ1v) is 9.67. The number of aromatic nitrogens is 2. The van der Waals surface area contributed by atoms with Crippen molar-refractivity contribution in [3.8, 4) is 0 Å². The molecule has 28 heavy (non-hydrogen) atoms. The van der Waals surface area contributed by atoms with Gasteiger partial charge in [0.1, 0.15) is 0 Å². The van der Waals surface area contributed by atoms with Crippen LogP contribution in [0.25, 0.3) is 11.0 Å². The number of amides is 1. The molecule has 0 radical (unpaired) electrons. The molecule has 1 aromatic carbocycles. The fourth-order valence-electron chi connectivity index (χ4n) is 3.64.